The van der Waals surface area contributed by atoms with Gasteiger partial charge >= 0.3 is 0 Å². The van der Waals surface area contributed by atoms with Crippen molar-refractivity contribution in [2.24, 2.45) is 0 Å². The van der Waals surface area contributed by atoms with E-state index in [0.29, 0.717) is 29.1 Å². The molecule has 1 N–H and O–H groups in total. The molecule has 30 heavy (non-hydrogen) atoms. The molecule has 0 fully saturated rings. The van der Waals surface area contributed by atoms with Crippen molar-refractivity contribution < 1.29 is 17.6 Å². The van der Waals surface area contributed by atoms with E-state index in [4.69, 9.17) is 0 Å². The molecule has 8 heteroatoms. The lowest BCUT2D eigenvalue weighted by Crippen LogP contribution is -2.43. The van der Waals surface area contributed by atoms with Crippen molar-refractivity contribution in [3.05, 3.63) is 78.6 Å². The Hall–Kier alpha value is -2.84. The number of sulfonamides is 1. The number of nitrogens with one attached hydrogen (secondary N) is 1. The fourth-order valence-corrected chi connectivity index (χ4v) is 5.77. The Kier molecular flexibility index (Phi) is 5.78. The second-order valence-electron chi connectivity index (χ2n) is 6.68. The predicted molar refractivity (Wildman–Crippen MR) is 117 cm³/mol. The van der Waals surface area contributed by atoms with E-state index in [1.54, 1.807) is 30.0 Å². The van der Waals surface area contributed by atoms with Crippen LogP contribution in [0, 0.1) is 5.82 Å². The smallest absolute Gasteiger partial charge is 0.265 e. The van der Waals surface area contributed by atoms with Crippen molar-refractivity contribution in [1.29, 1.82) is 0 Å². The average Bonchev–Trinajstić information content (AvgIpc) is 2.75. The lowest BCUT2D eigenvalue weighted by Gasteiger charge is -2.31. The molecule has 0 saturated carbocycles. The second kappa shape index (κ2) is 8.49. The Morgan fingerprint density at radius 2 is 1.70 bits per heavy atom. The summed E-state index contributed by atoms with van der Waals surface area (Å²) in [7, 11) is -3.93. The van der Waals surface area contributed by atoms with Crippen LogP contribution in [0.3, 0.4) is 0 Å². The maximum atomic E-state index is 13.9. The van der Waals surface area contributed by atoms with Crippen LogP contribution in [0.15, 0.2) is 82.6 Å². The molecular weight excluding hydrogens is 423 g/mol. The molecule has 5 nitrogen and oxygen atoms in total. The van der Waals surface area contributed by atoms with Gasteiger partial charge in [-0.1, -0.05) is 36.4 Å². The first-order valence-corrected chi connectivity index (χ1v) is 11.8. The molecule has 0 saturated heterocycles. The molecule has 3 aromatic rings. The number of anilines is 1. The molecule has 0 spiro atoms. The molecule has 3 aromatic carbocycles. The van der Waals surface area contributed by atoms with E-state index < -0.39 is 21.7 Å². The van der Waals surface area contributed by atoms with Gasteiger partial charge in [-0.25, -0.2) is 12.8 Å². The zero-order valence-corrected chi connectivity index (χ0v) is 17.5. The molecule has 154 valence electrons. The Bertz CT molecular complexity index is 1180. The third kappa shape index (κ3) is 4.06. The van der Waals surface area contributed by atoms with Crippen molar-refractivity contribution in [1.82, 2.24) is 5.32 Å². The summed E-state index contributed by atoms with van der Waals surface area (Å²) in [4.78, 5) is 13.7. The van der Waals surface area contributed by atoms with Gasteiger partial charge in [-0.05, 0) is 36.4 Å². The molecule has 1 heterocycles. The minimum absolute atomic E-state index is 0.0653. The molecule has 0 radical (unpaired) electrons. The zero-order valence-electron chi connectivity index (χ0n) is 15.9. The van der Waals surface area contributed by atoms with E-state index in [2.05, 4.69) is 5.32 Å². The van der Waals surface area contributed by atoms with Crippen LogP contribution in [0.4, 0.5) is 10.1 Å². The number of benzene rings is 3. The maximum Gasteiger partial charge on any atom is 0.265 e. The van der Waals surface area contributed by atoms with Gasteiger partial charge in [0.15, 0.2) is 0 Å². The number of carbonyl (C=O) groups excluding carboxylic acids is 1. The zero-order chi connectivity index (χ0) is 21.1. The van der Waals surface area contributed by atoms with Crippen molar-refractivity contribution in [2.75, 3.05) is 23.1 Å². The van der Waals surface area contributed by atoms with Crippen LogP contribution in [-0.4, -0.2) is 33.2 Å². The summed E-state index contributed by atoms with van der Waals surface area (Å²) in [6.45, 7) is 0.0322. The number of nitrogens with zero attached hydrogens (tertiary/aromatic N) is 1. The number of hydrogen-bond acceptors (Lipinski definition) is 4. The second-order valence-corrected chi connectivity index (χ2v) is 9.68. The summed E-state index contributed by atoms with van der Waals surface area (Å²) in [6.07, 6.45) is 0. The molecule has 1 amide bonds. The molecule has 0 bridgehead atoms. The summed E-state index contributed by atoms with van der Waals surface area (Å²) in [5.74, 6) is -0.222. The SMILES string of the molecule is O=C(CN1c2ccc(F)cc2-c2ccccc2S1(=O)=O)NCCSc1ccccc1. The first kappa shape index (κ1) is 20.4. The lowest BCUT2D eigenvalue weighted by atomic mass is 10.0. The van der Waals surface area contributed by atoms with Crippen LogP contribution in [0.1, 0.15) is 0 Å². The topological polar surface area (TPSA) is 66.5 Å². The molecule has 0 unspecified atom stereocenters. The highest BCUT2D eigenvalue weighted by atomic mass is 32.2. The molecule has 0 aromatic heterocycles. The summed E-state index contributed by atoms with van der Waals surface area (Å²) in [5, 5.41) is 2.76. The summed E-state index contributed by atoms with van der Waals surface area (Å²) in [6, 6.07) is 20.1. The highest BCUT2D eigenvalue weighted by Crippen LogP contribution is 2.42. The standard InChI is InChI=1S/C22H19FN2O3S2/c23-16-10-11-20-19(14-16)18-8-4-5-9-21(18)30(27,28)25(20)15-22(26)24-12-13-29-17-6-2-1-3-7-17/h1-11,14H,12-13,15H2,(H,24,26). The number of rotatable bonds is 6. The minimum atomic E-state index is -3.93. The van der Waals surface area contributed by atoms with Gasteiger partial charge in [-0.15, -0.1) is 11.8 Å². The lowest BCUT2D eigenvalue weighted by molar-refractivity contribution is -0.119. The summed E-state index contributed by atoms with van der Waals surface area (Å²) >= 11 is 1.60. The molecular formula is C22H19FN2O3S2. The van der Waals surface area contributed by atoms with Crippen molar-refractivity contribution in [3.63, 3.8) is 0 Å². The number of carbonyl (C=O) groups is 1. The Labute approximate surface area is 179 Å². The first-order valence-electron chi connectivity index (χ1n) is 9.33. The van der Waals surface area contributed by atoms with E-state index in [1.165, 1.54) is 24.3 Å². The van der Waals surface area contributed by atoms with Gasteiger partial charge in [0.05, 0.1) is 10.6 Å². The Morgan fingerprint density at radius 1 is 0.967 bits per heavy atom. The van der Waals surface area contributed by atoms with Crippen LogP contribution in [-0.2, 0) is 14.8 Å². The van der Waals surface area contributed by atoms with Gasteiger partial charge in [0.2, 0.25) is 5.91 Å². The Morgan fingerprint density at radius 3 is 2.50 bits per heavy atom. The molecule has 0 aliphatic carbocycles. The number of amides is 1. The third-order valence-electron chi connectivity index (χ3n) is 4.70. The van der Waals surface area contributed by atoms with E-state index in [1.807, 2.05) is 30.3 Å². The highest BCUT2D eigenvalue weighted by Gasteiger charge is 2.35. The molecule has 1 aliphatic rings. The van der Waals surface area contributed by atoms with Gasteiger partial charge in [0.25, 0.3) is 10.0 Å². The third-order valence-corrected chi connectivity index (χ3v) is 7.53. The quantitative estimate of drug-likeness (QED) is 0.464. The van der Waals surface area contributed by atoms with Gasteiger partial charge in [-0.2, -0.15) is 0 Å². The van der Waals surface area contributed by atoms with E-state index in [9.17, 15) is 17.6 Å². The van der Waals surface area contributed by atoms with Gasteiger partial charge in [0, 0.05) is 28.3 Å². The molecule has 1 aliphatic heterocycles. The van der Waals surface area contributed by atoms with Crippen molar-refractivity contribution >= 4 is 33.4 Å². The van der Waals surface area contributed by atoms with E-state index >= 15 is 0 Å². The summed E-state index contributed by atoms with van der Waals surface area (Å²) in [5.41, 5.74) is 1.18. The van der Waals surface area contributed by atoms with Gasteiger partial charge < -0.3 is 5.32 Å². The number of thioether (sulfide) groups is 1. The minimum Gasteiger partial charge on any atom is -0.354 e. The highest BCUT2D eigenvalue weighted by molar-refractivity contribution is 7.99. The van der Waals surface area contributed by atoms with Crippen LogP contribution in [0.2, 0.25) is 0 Å². The maximum absolute atomic E-state index is 13.9. The van der Waals surface area contributed by atoms with Crippen LogP contribution in [0.5, 0.6) is 0 Å². The predicted octanol–water partition coefficient (Wildman–Crippen LogP) is 3.91. The van der Waals surface area contributed by atoms with Gasteiger partial charge in [-0.3, -0.25) is 9.10 Å². The fraction of sp³-hybridized carbons (Fsp3) is 0.136. The fourth-order valence-electron chi connectivity index (χ4n) is 3.34. The number of halogens is 1. The van der Waals surface area contributed by atoms with Crippen LogP contribution < -0.4 is 9.62 Å². The molecule has 0 atom stereocenters. The number of fused-ring (bicyclic) bond motifs is 3. The Balaban J connectivity index is 1.50. The van der Waals surface area contributed by atoms with E-state index in [-0.39, 0.29) is 11.4 Å². The van der Waals surface area contributed by atoms with Crippen molar-refractivity contribution in [2.45, 2.75) is 9.79 Å². The normalized spacial score (nSPS) is 14.0. The van der Waals surface area contributed by atoms with Crippen LogP contribution >= 0.6 is 11.8 Å². The van der Waals surface area contributed by atoms with E-state index in [0.717, 1.165) is 9.20 Å². The monoisotopic (exact) mass is 442 g/mol. The molecule has 4 rings (SSSR count). The summed E-state index contributed by atoms with van der Waals surface area (Å²) < 4.78 is 41.2. The largest absolute Gasteiger partial charge is 0.354 e. The van der Waals surface area contributed by atoms with Crippen LogP contribution in [0.25, 0.3) is 11.1 Å². The average molecular weight is 443 g/mol. The first-order chi connectivity index (χ1) is 14.5. The van der Waals surface area contributed by atoms with Gasteiger partial charge in [0.1, 0.15) is 12.4 Å². The number of hydrogen-bond donors (Lipinski definition) is 1. The van der Waals surface area contributed by atoms with Crippen molar-refractivity contribution in [3.8, 4) is 11.1 Å².